The van der Waals surface area contributed by atoms with E-state index in [0.29, 0.717) is 45.9 Å². The minimum atomic E-state index is -0.140. The van der Waals surface area contributed by atoms with Crippen LogP contribution in [0.25, 0.3) is 0 Å². The number of carbonyl (C=O) groups excluding carboxylic acids is 2. The molecule has 32 heavy (non-hydrogen) atoms. The van der Waals surface area contributed by atoms with Crippen LogP contribution in [-0.2, 0) is 18.4 Å². The molecule has 2 saturated heterocycles. The summed E-state index contributed by atoms with van der Waals surface area (Å²) in [7, 11) is 1.98. The number of nitrogens with zero attached hydrogens (tertiary/aromatic N) is 5. The minimum Gasteiger partial charge on any atom is -0.492 e. The van der Waals surface area contributed by atoms with Crippen LogP contribution in [0.4, 0.5) is 4.79 Å². The third-order valence-electron chi connectivity index (χ3n) is 6.02. The lowest BCUT2D eigenvalue weighted by atomic mass is 9.89. The second kappa shape index (κ2) is 10.4. The Kier molecular flexibility index (Phi) is 7.21. The number of likely N-dealkylation sites (tertiary alicyclic amines) is 1. The molecule has 0 radical (unpaired) electrons. The van der Waals surface area contributed by atoms with E-state index in [1.54, 1.807) is 23.5 Å². The number of urea groups is 1. The smallest absolute Gasteiger partial charge is 0.317 e. The van der Waals surface area contributed by atoms with Gasteiger partial charge in [-0.15, -0.1) is 0 Å². The van der Waals surface area contributed by atoms with Gasteiger partial charge in [-0.3, -0.25) is 14.7 Å². The normalized spacial score (nSPS) is 21.4. The summed E-state index contributed by atoms with van der Waals surface area (Å²) in [6, 6.07) is 3.67. The van der Waals surface area contributed by atoms with E-state index in [-0.39, 0.29) is 23.8 Å². The predicted molar refractivity (Wildman–Crippen MR) is 118 cm³/mol. The van der Waals surface area contributed by atoms with Crippen LogP contribution in [0, 0.1) is 11.8 Å². The average Bonchev–Trinajstić information content (AvgIpc) is 3.40. The molecule has 0 saturated carbocycles. The first kappa shape index (κ1) is 22.1. The quantitative estimate of drug-likeness (QED) is 0.586. The number of nitrogens with one attached hydrogen (secondary N) is 2. The van der Waals surface area contributed by atoms with Gasteiger partial charge in [0.15, 0.2) is 0 Å². The van der Waals surface area contributed by atoms with Gasteiger partial charge in [-0.2, -0.15) is 0 Å². The molecule has 4 heterocycles. The Labute approximate surface area is 188 Å². The number of pyridine rings is 1. The SMILES string of the molecule is Cn1ccnc1CN1C[C@@H](COc2cccnc2)C[C@@H](C(=O)NCCN2CCNC2=O)C1. The van der Waals surface area contributed by atoms with Gasteiger partial charge < -0.3 is 24.8 Å². The molecular weight excluding hydrogens is 410 g/mol. The van der Waals surface area contributed by atoms with Crippen molar-refractivity contribution in [3.05, 3.63) is 42.7 Å². The Morgan fingerprint density at radius 1 is 1.34 bits per heavy atom. The van der Waals surface area contributed by atoms with Crippen molar-refractivity contribution in [1.29, 1.82) is 0 Å². The maximum absolute atomic E-state index is 13.0. The molecule has 2 fully saturated rings. The second-order valence-electron chi connectivity index (χ2n) is 8.46. The number of ether oxygens (including phenoxy) is 1. The van der Waals surface area contributed by atoms with Crippen LogP contribution < -0.4 is 15.4 Å². The molecule has 10 heteroatoms. The number of aryl methyl sites for hydroxylation is 1. The number of rotatable bonds is 9. The summed E-state index contributed by atoms with van der Waals surface area (Å²) in [6.45, 7) is 5.05. The molecule has 2 aromatic heterocycles. The molecule has 2 aromatic rings. The van der Waals surface area contributed by atoms with Crippen molar-refractivity contribution in [2.45, 2.75) is 13.0 Å². The molecule has 2 N–H and O–H groups in total. The molecule has 10 nitrogen and oxygen atoms in total. The minimum absolute atomic E-state index is 0.0283. The highest BCUT2D eigenvalue weighted by Gasteiger charge is 2.32. The van der Waals surface area contributed by atoms with E-state index in [9.17, 15) is 9.59 Å². The molecule has 0 aromatic carbocycles. The Balaban J connectivity index is 1.34. The maximum Gasteiger partial charge on any atom is 0.317 e. The summed E-state index contributed by atoms with van der Waals surface area (Å²) in [5, 5.41) is 5.80. The zero-order valence-electron chi connectivity index (χ0n) is 18.4. The fourth-order valence-electron chi connectivity index (χ4n) is 4.32. The van der Waals surface area contributed by atoms with E-state index < -0.39 is 0 Å². The number of amides is 3. The van der Waals surface area contributed by atoms with Crippen LogP contribution in [0.5, 0.6) is 5.75 Å². The van der Waals surface area contributed by atoms with E-state index in [4.69, 9.17) is 4.74 Å². The van der Waals surface area contributed by atoms with Gasteiger partial charge in [0.05, 0.1) is 25.3 Å². The Hall–Kier alpha value is -3.14. The Bertz CT molecular complexity index is 904. The molecule has 0 bridgehead atoms. The standard InChI is InChI=1S/C22H31N7O3/c1-27-8-5-24-20(27)15-28-13-17(16-32-19-3-2-4-23-12-19)11-18(14-28)21(30)25-6-9-29-10-7-26-22(29)31/h2-5,8,12,17-18H,6-7,9-11,13-16H2,1H3,(H,25,30)(H,26,31)/t17-,18+/m0/s1. The third kappa shape index (κ3) is 5.76. The lowest BCUT2D eigenvalue weighted by Crippen LogP contribution is -2.48. The molecule has 2 aliphatic rings. The second-order valence-corrected chi connectivity index (χ2v) is 8.46. The highest BCUT2D eigenvalue weighted by molar-refractivity contribution is 5.79. The number of aromatic nitrogens is 3. The van der Waals surface area contributed by atoms with Crippen molar-refractivity contribution in [2.24, 2.45) is 18.9 Å². The van der Waals surface area contributed by atoms with Crippen molar-refractivity contribution >= 4 is 11.9 Å². The Morgan fingerprint density at radius 3 is 2.97 bits per heavy atom. The number of hydrogen-bond donors (Lipinski definition) is 2. The third-order valence-corrected chi connectivity index (χ3v) is 6.02. The predicted octanol–water partition coefficient (Wildman–Crippen LogP) is 0.474. The lowest BCUT2D eigenvalue weighted by Gasteiger charge is -2.37. The fourth-order valence-corrected chi connectivity index (χ4v) is 4.32. The number of piperidine rings is 1. The van der Waals surface area contributed by atoms with Gasteiger partial charge in [0.25, 0.3) is 0 Å². The molecule has 172 valence electrons. The van der Waals surface area contributed by atoms with Crippen molar-refractivity contribution in [3.63, 3.8) is 0 Å². The summed E-state index contributed by atoms with van der Waals surface area (Å²) in [5.41, 5.74) is 0. The van der Waals surface area contributed by atoms with Gasteiger partial charge >= 0.3 is 6.03 Å². The first-order valence-corrected chi connectivity index (χ1v) is 11.1. The molecule has 2 aliphatic heterocycles. The monoisotopic (exact) mass is 441 g/mol. The van der Waals surface area contributed by atoms with Crippen LogP contribution in [0.15, 0.2) is 36.9 Å². The van der Waals surface area contributed by atoms with Gasteiger partial charge in [0.1, 0.15) is 11.6 Å². The number of carbonyl (C=O) groups is 2. The largest absolute Gasteiger partial charge is 0.492 e. The van der Waals surface area contributed by atoms with Gasteiger partial charge in [-0.05, 0) is 18.6 Å². The van der Waals surface area contributed by atoms with Crippen molar-refractivity contribution < 1.29 is 14.3 Å². The van der Waals surface area contributed by atoms with E-state index in [2.05, 4.69) is 25.5 Å². The van der Waals surface area contributed by atoms with Crippen LogP contribution in [0.3, 0.4) is 0 Å². The summed E-state index contributed by atoms with van der Waals surface area (Å²) in [6.07, 6.45) is 7.90. The zero-order chi connectivity index (χ0) is 22.3. The molecule has 0 unspecified atom stereocenters. The van der Waals surface area contributed by atoms with Crippen LogP contribution in [0.1, 0.15) is 12.2 Å². The highest BCUT2D eigenvalue weighted by Crippen LogP contribution is 2.24. The van der Waals surface area contributed by atoms with E-state index in [1.807, 2.05) is 29.9 Å². The van der Waals surface area contributed by atoms with E-state index in [0.717, 1.165) is 24.5 Å². The first-order valence-electron chi connectivity index (χ1n) is 11.1. The molecule has 3 amide bonds. The zero-order valence-corrected chi connectivity index (χ0v) is 18.4. The Morgan fingerprint density at radius 2 is 2.25 bits per heavy atom. The van der Waals surface area contributed by atoms with Crippen LogP contribution in [-0.4, -0.2) is 82.1 Å². The molecular formula is C22H31N7O3. The fraction of sp³-hybridized carbons (Fsp3) is 0.545. The summed E-state index contributed by atoms with van der Waals surface area (Å²) < 4.78 is 7.95. The molecule has 4 rings (SSSR count). The highest BCUT2D eigenvalue weighted by atomic mass is 16.5. The topological polar surface area (TPSA) is 105 Å². The van der Waals surface area contributed by atoms with Crippen molar-refractivity contribution in [3.8, 4) is 5.75 Å². The van der Waals surface area contributed by atoms with Gasteiger partial charge in [0, 0.05) is 70.8 Å². The molecule has 0 aliphatic carbocycles. The van der Waals surface area contributed by atoms with Gasteiger partial charge in [0.2, 0.25) is 5.91 Å². The van der Waals surface area contributed by atoms with Gasteiger partial charge in [-0.1, -0.05) is 0 Å². The summed E-state index contributed by atoms with van der Waals surface area (Å²) >= 11 is 0. The van der Waals surface area contributed by atoms with E-state index in [1.165, 1.54) is 0 Å². The number of imidazole rings is 1. The van der Waals surface area contributed by atoms with Crippen molar-refractivity contribution in [1.82, 2.24) is 35.0 Å². The molecule has 0 spiro atoms. The van der Waals surface area contributed by atoms with E-state index >= 15 is 0 Å². The lowest BCUT2D eigenvalue weighted by molar-refractivity contribution is -0.127. The molecule has 2 atom stereocenters. The van der Waals surface area contributed by atoms with Crippen molar-refractivity contribution in [2.75, 3.05) is 45.9 Å². The number of hydrogen-bond acceptors (Lipinski definition) is 6. The van der Waals surface area contributed by atoms with Crippen LogP contribution in [0.2, 0.25) is 0 Å². The first-order chi connectivity index (χ1) is 15.6. The van der Waals surface area contributed by atoms with Crippen LogP contribution >= 0.6 is 0 Å². The summed E-state index contributed by atoms with van der Waals surface area (Å²) in [5.74, 6) is 1.81. The van der Waals surface area contributed by atoms with Gasteiger partial charge in [-0.25, -0.2) is 9.78 Å². The average molecular weight is 442 g/mol. The summed E-state index contributed by atoms with van der Waals surface area (Å²) in [4.78, 5) is 37.2. The maximum atomic E-state index is 13.0.